The van der Waals surface area contributed by atoms with Gasteiger partial charge in [0.1, 0.15) is 11.5 Å². The van der Waals surface area contributed by atoms with Gasteiger partial charge in [0.15, 0.2) is 11.5 Å². The van der Waals surface area contributed by atoms with E-state index in [1.165, 1.54) is 0 Å². The molecule has 0 fully saturated rings. The SMILES string of the molecule is C/C=C/c1ccc(OCCCCn2c(CCNC(=O)c3ccccn3)nc3ccccc32)c(OC)c1. The molecule has 0 aliphatic carbocycles. The number of pyridine rings is 1. The van der Waals surface area contributed by atoms with Crippen LogP contribution in [0.5, 0.6) is 11.5 Å². The number of para-hydroxylation sites is 2. The van der Waals surface area contributed by atoms with Gasteiger partial charge in [0.05, 0.1) is 24.8 Å². The summed E-state index contributed by atoms with van der Waals surface area (Å²) in [6.07, 6.45) is 8.11. The quantitative estimate of drug-likeness (QED) is 0.276. The molecule has 0 unspecified atom stereocenters. The zero-order chi connectivity index (χ0) is 25.2. The third kappa shape index (κ3) is 6.30. The van der Waals surface area contributed by atoms with Gasteiger partial charge in [-0.25, -0.2) is 4.98 Å². The van der Waals surface area contributed by atoms with Crippen LogP contribution >= 0.6 is 0 Å². The fourth-order valence-electron chi connectivity index (χ4n) is 4.09. The van der Waals surface area contributed by atoms with E-state index in [-0.39, 0.29) is 5.91 Å². The standard InChI is InChI=1S/C29H32N4O3/c1-3-10-22-14-15-26(27(21-22)35-2)36-20-9-8-19-33-25-13-5-4-11-23(25)32-28(33)16-18-31-29(34)24-12-6-7-17-30-24/h3-7,10-15,17,21H,8-9,16,18-20H2,1-2H3,(H,31,34)/b10-3+. The number of hydrogen-bond acceptors (Lipinski definition) is 5. The number of unbranched alkanes of at least 4 members (excludes halogenated alkanes) is 1. The summed E-state index contributed by atoms with van der Waals surface area (Å²) in [4.78, 5) is 21.2. The summed E-state index contributed by atoms with van der Waals surface area (Å²) in [5.41, 5.74) is 3.56. The molecule has 0 aliphatic heterocycles. The predicted octanol–water partition coefficient (Wildman–Crippen LogP) is 5.30. The molecule has 0 spiro atoms. The number of methoxy groups -OCH3 is 1. The molecule has 2 aromatic heterocycles. The summed E-state index contributed by atoms with van der Waals surface area (Å²) >= 11 is 0. The molecule has 2 heterocycles. The first-order valence-electron chi connectivity index (χ1n) is 12.3. The lowest BCUT2D eigenvalue weighted by Crippen LogP contribution is -2.27. The van der Waals surface area contributed by atoms with Gasteiger partial charge < -0.3 is 19.4 Å². The maximum atomic E-state index is 12.3. The molecule has 2 aromatic carbocycles. The molecule has 4 rings (SSSR count). The molecule has 0 bridgehead atoms. The molecule has 1 amide bonds. The lowest BCUT2D eigenvalue weighted by atomic mass is 10.2. The van der Waals surface area contributed by atoms with Crippen molar-refractivity contribution in [2.45, 2.75) is 32.7 Å². The third-order valence-electron chi connectivity index (χ3n) is 5.85. The van der Waals surface area contributed by atoms with Crippen LogP contribution in [0.15, 0.2) is 72.9 Å². The highest BCUT2D eigenvalue weighted by Crippen LogP contribution is 2.29. The summed E-state index contributed by atoms with van der Waals surface area (Å²) in [5, 5.41) is 2.95. The second-order valence-electron chi connectivity index (χ2n) is 8.36. The molecular weight excluding hydrogens is 452 g/mol. The highest BCUT2D eigenvalue weighted by atomic mass is 16.5. The van der Waals surface area contributed by atoms with Crippen molar-refractivity contribution in [2.75, 3.05) is 20.3 Å². The molecule has 186 valence electrons. The lowest BCUT2D eigenvalue weighted by Gasteiger charge is -2.12. The number of benzene rings is 2. The number of nitrogens with one attached hydrogen (secondary N) is 1. The van der Waals surface area contributed by atoms with Crippen molar-refractivity contribution >= 4 is 23.0 Å². The molecule has 0 saturated heterocycles. The molecule has 7 heteroatoms. The fourth-order valence-corrected chi connectivity index (χ4v) is 4.09. The van der Waals surface area contributed by atoms with Gasteiger partial charge in [-0.05, 0) is 61.7 Å². The predicted molar refractivity (Wildman–Crippen MR) is 142 cm³/mol. The van der Waals surface area contributed by atoms with Crippen molar-refractivity contribution in [3.63, 3.8) is 0 Å². The Morgan fingerprint density at radius 3 is 2.72 bits per heavy atom. The largest absolute Gasteiger partial charge is 0.493 e. The minimum atomic E-state index is -0.176. The second-order valence-corrected chi connectivity index (χ2v) is 8.36. The molecule has 36 heavy (non-hydrogen) atoms. The minimum absolute atomic E-state index is 0.176. The highest BCUT2D eigenvalue weighted by molar-refractivity contribution is 5.92. The number of amides is 1. The molecule has 4 aromatic rings. The van der Waals surface area contributed by atoms with E-state index in [4.69, 9.17) is 14.5 Å². The molecule has 0 radical (unpaired) electrons. The Bertz CT molecular complexity index is 1310. The summed E-state index contributed by atoms with van der Waals surface area (Å²) in [6, 6.07) is 19.4. The maximum absolute atomic E-state index is 12.3. The van der Waals surface area contributed by atoms with Gasteiger partial charge in [0.2, 0.25) is 0 Å². The van der Waals surface area contributed by atoms with Crippen LogP contribution in [0.2, 0.25) is 0 Å². The van der Waals surface area contributed by atoms with Crippen molar-refractivity contribution in [1.29, 1.82) is 0 Å². The van der Waals surface area contributed by atoms with E-state index in [1.807, 2.05) is 55.5 Å². The number of fused-ring (bicyclic) bond motifs is 1. The summed E-state index contributed by atoms with van der Waals surface area (Å²) in [6.45, 7) is 3.90. The van der Waals surface area contributed by atoms with Crippen LogP contribution in [0.4, 0.5) is 0 Å². The Balaban J connectivity index is 1.33. The zero-order valence-corrected chi connectivity index (χ0v) is 20.8. The van der Waals surface area contributed by atoms with Gasteiger partial charge in [-0.3, -0.25) is 9.78 Å². The Morgan fingerprint density at radius 1 is 1.06 bits per heavy atom. The molecule has 7 nitrogen and oxygen atoms in total. The Kier molecular flexibility index (Phi) is 8.70. The van der Waals surface area contributed by atoms with Crippen LogP contribution in [0, 0.1) is 0 Å². The van der Waals surface area contributed by atoms with Crippen LogP contribution in [0.3, 0.4) is 0 Å². The number of aryl methyl sites for hydroxylation is 1. The van der Waals surface area contributed by atoms with Gasteiger partial charge >= 0.3 is 0 Å². The van der Waals surface area contributed by atoms with E-state index >= 15 is 0 Å². The highest BCUT2D eigenvalue weighted by Gasteiger charge is 2.12. The number of ether oxygens (including phenoxy) is 2. The van der Waals surface area contributed by atoms with Gasteiger partial charge in [-0.15, -0.1) is 0 Å². The van der Waals surface area contributed by atoms with Crippen molar-refractivity contribution in [1.82, 2.24) is 19.9 Å². The minimum Gasteiger partial charge on any atom is -0.493 e. The normalized spacial score (nSPS) is 11.2. The number of imidazole rings is 1. The van der Waals surface area contributed by atoms with Gasteiger partial charge in [0.25, 0.3) is 5.91 Å². The van der Waals surface area contributed by atoms with Crippen LogP contribution in [-0.2, 0) is 13.0 Å². The van der Waals surface area contributed by atoms with Crippen molar-refractivity contribution in [3.05, 3.63) is 90.0 Å². The van der Waals surface area contributed by atoms with Gasteiger partial charge in [0, 0.05) is 25.7 Å². The molecule has 0 aliphatic rings. The number of rotatable bonds is 12. The maximum Gasteiger partial charge on any atom is 0.269 e. The fraction of sp³-hybridized carbons (Fsp3) is 0.276. The van der Waals surface area contributed by atoms with Crippen LogP contribution in [0.1, 0.15) is 41.6 Å². The number of aromatic nitrogens is 3. The Hall–Kier alpha value is -4.13. The van der Waals surface area contributed by atoms with E-state index in [0.717, 1.165) is 53.3 Å². The smallest absolute Gasteiger partial charge is 0.269 e. The van der Waals surface area contributed by atoms with E-state index in [0.29, 0.717) is 25.3 Å². The zero-order valence-electron chi connectivity index (χ0n) is 20.8. The monoisotopic (exact) mass is 484 g/mol. The molecular formula is C29H32N4O3. The second kappa shape index (κ2) is 12.5. The molecule has 0 atom stereocenters. The van der Waals surface area contributed by atoms with Crippen LogP contribution in [-0.4, -0.2) is 40.7 Å². The average Bonchev–Trinajstić information content (AvgIpc) is 3.26. The van der Waals surface area contributed by atoms with Crippen LogP contribution in [0.25, 0.3) is 17.1 Å². The topological polar surface area (TPSA) is 78.3 Å². The number of carbonyl (C=O) groups is 1. The lowest BCUT2D eigenvalue weighted by molar-refractivity contribution is 0.0949. The van der Waals surface area contributed by atoms with Crippen molar-refractivity contribution in [2.24, 2.45) is 0 Å². The van der Waals surface area contributed by atoms with Gasteiger partial charge in [-0.1, -0.05) is 36.4 Å². The number of hydrogen-bond donors (Lipinski definition) is 1. The van der Waals surface area contributed by atoms with Gasteiger partial charge in [-0.2, -0.15) is 0 Å². The first kappa shape index (κ1) is 25.0. The van der Waals surface area contributed by atoms with E-state index < -0.39 is 0 Å². The molecule has 0 saturated carbocycles. The first-order chi connectivity index (χ1) is 17.7. The number of allylic oxidation sites excluding steroid dienone is 1. The molecule has 1 N–H and O–H groups in total. The average molecular weight is 485 g/mol. The number of carbonyl (C=O) groups excluding carboxylic acids is 1. The number of nitrogens with zero attached hydrogens (tertiary/aromatic N) is 3. The Labute approximate surface area is 211 Å². The summed E-state index contributed by atoms with van der Waals surface area (Å²) in [5.74, 6) is 2.27. The van der Waals surface area contributed by atoms with Crippen LogP contribution < -0.4 is 14.8 Å². The Morgan fingerprint density at radius 2 is 1.92 bits per heavy atom. The summed E-state index contributed by atoms with van der Waals surface area (Å²) in [7, 11) is 1.66. The van der Waals surface area contributed by atoms with E-state index in [1.54, 1.807) is 31.5 Å². The third-order valence-corrected chi connectivity index (χ3v) is 5.85. The van der Waals surface area contributed by atoms with Crippen molar-refractivity contribution in [3.8, 4) is 11.5 Å². The van der Waals surface area contributed by atoms with E-state index in [9.17, 15) is 4.79 Å². The van der Waals surface area contributed by atoms with E-state index in [2.05, 4.69) is 20.9 Å². The first-order valence-corrected chi connectivity index (χ1v) is 12.3. The summed E-state index contributed by atoms with van der Waals surface area (Å²) < 4.78 is 13.7. The van der Waals surface area contributed by atoms with Crippen molar-refractivity contribution < 1.29 is 14.3 Å².